The maximum atomic E-state index is 13.6. The van der Waals surface area contributed by atoms with E-state index in [1.54, 1.807) is 29.2 Å². The Kier molecular flexibility index (Phi) is 8.67. The van der Waals surface area contributed by atoms with Gasteiger partial charge in [-0.3, -0.25) is 4.79 Å². The first-order valence-electron chi connectivity index (χ1n) is 13.6. The van der Waals surface area contributed by atoms with Crippen molar-refractivity contribution < 1.29 is 43.8 Å². The quantitative estimate of drug-likeness (QED) is 0.251. The van der Waals surface area contributed by atoms with Crippen molar-refractivity contribution >= 4 is 11.6 Å². The van der Waals surface area contributed by atoms with Crippen molar-refractivity contribution in [1.82, 2.24) is 0 Å². The normalized spacial score (nSPS) is 28.7. The fourth-order valence-corrected chi connectivity index (χ4v) is 5.79. The van der Waals surface area contributed by atoms with Crippen LogP contribution in [0, 0.1) is 23.5 Å². The number of amides is 1. The minimum atomic E-state index is -1.46. The summed E-state index contributed by atoms with van der Waals surface area (Å²) in [6.07, 6.45) is -5.01. The van der Waals surface area contributed by atoms with Crippen LogP contribution in [0.2, 0.25) is 0 Å². The van der Waals surface area contributed by atoms with E-state index in [4.69, 9.17) is 4.74 Å². The second-order valence-corrected chi connectivity index (χ2v) is 10.8. The van der Waals surface area contributed by atoms with Crippen LogP contribution in [-0.2, 0) is 4.79 Å². The van der Waals surface area contributed by atoms with Gasteiger partial charge in [-0.25, -0.2) is 8.78 Å². The van der Waals surface area contributed by atoms with Crippen LogP contribution >= 0.6 is 0 Å². The zero-order valence-corrected chi connectivity index (χ0v) is 22.1. The maximum absolute atomic E-state index is 13.6. The molecular formula is C31H33F2NO7. The highest BCUT2D eigenvalue weighted by atomic mass is 19.1. The molecule has 0 bridgehead atoms. The number of carbonyl (C=O) groups is 1. The molecule has 1 aliphatic heterocycles. The molecule has 1 saturated carbocycles. The number of aliphatic hydroxyl groups excluding tert-OH is 5. The van der Waals surface area contributed by atoms with Gasteiger partial charge in [-0.2, -0.15) is 0 Å². The molecule has 0 unspecified atom stereocenters. The van der Waals surface area contributed by atoms with Gasteiger partial charge in [0, 0.05) is 18.2 Å². The predicted octanol–water partition coefficient (Wildman–Crippen LogP) is 3.03. The summed E-state index contributed by atoms with van der Waals surface area (Å²) in [6.45, 7) is -0.365. The molecule has 5 N–H and O–H groups in total. The molecule has 10 heteroatoms. The van der Waals surface area contributed by atoms with E-state index in [0.29, 0.717) is 23.4 Å². The van der Waals surface area contributed by atoms with Crippen molar-refractivity contribution in [3.63, 3.8) is 0 Å². The molecule has 5 rings (SSSR count). The second-order valence-electron chi connectivity index (χ2n) is 10.8. The summed E-state index contributed by atoms with van der Waals surface area (Å²) in [7, 11) is 0. The molecule has 2 fully saturated rings. The number of hydrogen-bond donors (Lipinski definition) is 5. The lowest BCUT2D eigenvalue weighted by atomic mass is 9.78. The highest BCUT2D eigenvalue weighted by molar-refractivity contribution is 6.03. The lowest BCUT2D eigenvalue weighted by Crippen LogP contribution is -2.56. The summed E-state index contributed by atoms with van der Waals surface area (Å²) in [5, 5.41) is 50.8. The molecule has 8 nitrogen and oxygen atoms in total. The van der Waals surface area contributed by atoms with Gasteiger partial charge >= 0.3 is 0 Å². The van der Waals surface area contributed by atoms with Gasteiger partial charge in [-0.05, 0) is 78.9 Å². The number of hydrogen-bond acceptors (Lipinski definition) is 7. The molecule has 41 heavy (non-hydrogen) atoms. The van der Waals surface area contributed by atoms with E-state index in [1.807, 2.05) is 0 Å². The first-order valence-corrected chi connectivity index (χ1v) is 13.6. The lowest BCUT2D eigenvalue weighted by Gasteiger charge is -2.48. The topological polar surface area (TPSA) is 131 Å². The second kappa shape index (κ2) is 12.2. The van der Waals surface area contributed by atoms with E-state index in [9.17, 15) is 39.1 Å². The van der Waals surface area contributed by atoms with Gasteiger partial charge in [0.05, 0.1) is 24.2 Å². The largest absolute Gasteiger partial charge is 0.488 e. The number of halogens is 2. The van der Waals surface area contributed by atoms with Crippen LogP contribution in [0.15, 0.2) is 72.8 Å². The SMILES string of the molecule is O=C1[C@H](CC[C@H](O)c2ccc(F)cc2)[C@@H](c2ccc(O[C@@H]3C[C@H](CO)[C@@H](O)[C@H](O)[C@H]3O)cc2)N1c1ccc(F)cc1. The molecule has 1 amide bonds. The lowest BCUT2D eigenvalue weighted by molar-refractivity contribution is -0.156. The fourth-order valence-electron chi connectivity index (χ4n) is 5.79. The third-order valence-electron chi connectivity index (χ3n) is 8.17. The monoisotopic (exact) mass is 569 g/mol. The predicted molar refractivity (Wildman–Crippen MR) is 145 cm³/mol. The zero-order valence-electron chi connectivity index (χ0n) is 22.1. The number of carbonyl (C=O) groups excluding carboxylic acids is 1. The molecule has 8 atom stereocenters. The van der Waals surface area contributed by atoms with Crippen LogP contribution < -0.4 is 9.64 Å². The first-order chi connectivity index (χ1) is 19.7. The van der Waals surface area contributed by atoms with Crippen LogP contribution in [-0.4, -0.2) is 62.5 Å². The van der Waals surface area contributed by atoms with E-state index in [1.165, 1.54) is 48.5 Å². The molecule has 218 valence electrons. The zero-order chi connectivity index (χ0) is 29.3. The number of anilines is 1. The van der Waals surface area contributed by atoms with Crippen LogP contribution in [0.5, 0.6) is 5.75 Å². The Morgan fingerprint density at radius 2 is 1.46 bits per heavy atom. The minimum Gasteiger partial charge on any atom is -0.488 e. The third-order valence-corrected chi connectivity index (χ3v) is 8.17. The van der Waals surface area contributed by atoms with Crippen molar-refractivity contribution in [2.24, 2.45) is 11.8 Å². The smallest absolute Gasteiger partial charge is 0.233 e. The Balaban J connectivity index is 1.33. The van der Waals surface area contributed by atoms with Gasteiger partial charge in [-0.1, -0.05) is 24.3 Å². The molecule has 3 aromatic rings. The van der Waals surface area contributed by atoms with Crippen molar-refractivity contribution in [3.05, 3.63) is 95.6 Å². The summed E-state index contributed by atoms with van der Waals surface area (Å²) in [4.78, 5) is 14.9. The van der Waals surface area contributed by atoms with Gasteiger partial charge in [0.2, 0.25) is 5.91 Å². The average Bonchev–Trinajstić information content (AvgIpc) is 2.98. The molecule has 1 aliphatic carbocycles. The van der Waals surface area contributed by atoms with Crippen molar-refractivity contribution in [2.75, 3.05) is 11.5 Å². The van der Waals surface area contributed by atoms with Crippen molar-refractivity contribution in [1.29, 1.82) is 0 Å². The van der Waals surface area contributed by atoms with Crippen LogP contribution in [0.1, 0.15) is 42.5 Å². The van der Waals surface area contributed by atoms with Crippen molar-refractivity contribution in [2.45, 2.75) is 55.8 Å². The molecule has 2 aliphatic rings. The van der Waals surface area contributed by atoms with Gasteiger partial charge < -0.3 is 35.2 Å². The number of ether oxygens (including phenoxy) is 1. The number of β-lactam (4-membered cyclic amide) rings is 1. The summed E-state index contributed by atoms with van der Waals surface area (Å²) < 4.78 is 32.8. The Bertz CT molecular complexity index is 1320. The van der Waals surface area contributed by atoms with Gasteiger partial charge in [0.15, 0.2) is 0 Å². The van der Waals surface area contributed by atoms with E-state index in [2.05, 4.69) is 0 Å². The Labute approximate surface area is 236 Å². The highest BCUT2D eigenvalue weighted by Gasteiger charge is 2.48. The standard InChI is InChI=1S/C31H33F2NO7/c32-20-5-1-17(2-6-20)25(36)14-13-24-27(34(31(24)40)22-9-7-21(33)8-10-22)18-3-11-23(12-4-18)41-26-15-19(16-35)28(37)30(39)29(26)38/h1-12,19,24-30,35-39H,13-16H2/t19-,24-,25+,26-,27-,28-,29+,30+/m1/s1. The van der Waals surface area contributed by atoms with Crippen LogP contribution in [0.3, 0.4) is 0 Å². The molecule has 3 aromatic carbocycles. The Morgan fingerprint density at radius 3 is 2.07 bits per heavy atom. The molecule has 0 spiro atoms. The number of rotatable bonds is 9. The highest BCUT2D eigenvalue weighted by Crippen LogP contribution is 2.46. The fraction of sp³-hybridized carbons (Fsp3) is 0.387. The van der Waals surface area contributed by atoms with Crippen LogP contribution in [0.25, 0.3) is 0 Å². The Morgan fingerprint density at radius 1 is 0.854 bits per heavy atom. The summed E-state index contributed by atoms with van der Waals surface area (Å²) in [5.74, 6) is -1.72. The van der Waals surface area contributed by atoms with Gasteiger partial charge in [0.25, 0.3) is 0 Å². The van der Waals surface area contributed by atoms with E-state index >= 15 is 0 Å². The molecule has 1 saturated heterocycles. The van der Waals surface area contributed by atoms with Gasteiger partial charge in [-0.15, -0.1) is 0 Å². The summed E-state index contributed by atoms with van der Waals surface area (Å²) in [5.41, 5.74) is 1.86. The van der Waals surface area contributed by atoms with Gasteiger partial charge in [0.1, 0.15) is 35.7 Å². The Hall–Kier alpha value is -3.41. The van der Waals surface area contributed by atoms with Crippen LogP contribution in [0.4, 0.5) is 14.5 Å². The van der Waals surface area contributed by atoms with E-state index in [-0.39, 0.29) is 25.4 Å². The molecule has 0 radical (unpaired) electrons. The third kappa shape index (κ3) is 5.98. The first kappa shape index (κ1) is 29.1. The number of nitrogens with zero attached hydrogens (tertiary/aromatic N) is 1. The van der Waals surface area contributed by atoms with Crippen molar-refractivity contribution in [3.8, 4) is 5.75 Å². The van der Waals surface area contributed by atoms with E-state index < -0.39 is 60.0 Å². The summed E-state index contributed by atoms with van der Waals surface area (Å²) in [6, 6.07) is 17.7. The number of aliphatic hydroxyl groups is 5. The molecule has 0 aromatic heterocycles. The summed E-state index contributed by atoms with van der Waals surface area (Å²) >= 11 is 0. The van der Waals surface area contributed by atoms with E-state index in [0.717, 1.165) is 5.56 Å². The molecular weight excluding hydrogens is 536 g/mol. The molecule has 1 heterocycles. The minimum absolute atomic E-state index is 0.144. The average molecular weight is 570 g/mol. The maximum Gasteiger partial charge on any atom is 0.233 e. The number of benzene rings is 3.